The molecule has 1 aromatic heterocycles. The molecule has 0 aliphatic rings. The number of benzene rings is 1. The van der Waals surface area contributed by atoms with E-state index in [-0.39, 0.29) is 6.04 Å². The van der Waals surface area contributed by atoms with Crippen LogP contribution in [0.1, 0.15) is 18.9 Å². The molecule has 2 nitrogen and oxygen atoms in total. The first kappa shape index (κ1) is 11.0. The van der Waals surface area contributed by atoms with Gasteiger partial charge in [-0.25, -0.2) is 0 Å². The third kappa shape index (κ3) is 2.34. The highest BCUT2D eigenvalue weighted by Gasteiger charge is 2.06. The number of aromatic amines is 1. The Hall–Kier alpha value is -1.54. The summed E-state index contributed by atoms with van der Waals surface area (Å²) in [7, 11) is 0. The van der Waals surface area contributed by atoms with Gasteiger partial charge in [0, 0.05) is 23.1 Å². The highest BCUT2D eigenvalue weighted by Crippen LogP contribution is 2.19. The van der Waals surface area contributed by atoms with Crippen molar-refractivity contribution in [1.29, 1.82) is 0 Å². The topological polar surface area (TPSA) is 41.8 Å². The number of aromatic nitrogens is 1. The molecule has 1 aromatic carbocycles. The van der Waals surface area contributed by atoms with Crippen LogP contribution in [0.2, 0.25) is 0 Å². The van der Waals surface area contributed by atoms with Crippen LogP contribution >= 0.6 is 0 Å². The molecule has 0 saturated carbocycles. The van der Waals surface area contributed by atoms with Gasteiger partial charge in [0.1, 0.15) is 0 Å². The first-order chi connectivity index (χ1) is 7.81. The maximum absolute atomic E-state index is 6.08. The van der Waals surface area contributed by atoms with Crippen molar-refractivity contribution in [2.45, 2.75) is 25.8 Å². The van der Waals surface area contributed by atoms with E-state index in [2.05, 4.69) is 41.5 Å². The molecular weight excluding hydrogens is 196 g/mol. The van der Waals surface area contributed by atoms with E-state index in [1.165, 1.54) is 16.5 Å². The fraction of sp³-hybridized carbons (Fsp3) is 0.286. The largest absolute Gasteiger partial charge is 0.361 e. The Kier molecular flexibility index (Phi) is 3.42. The summed E-state index contributed by atoms with van der Waals surface area (Å²) >= 11 is 0. The van der Waals surface area contributed by atoms with Gasteiger partial charge in [-0.3, -0.25) is 0 Å². The van der Waals surface area contributed by atoms with E-state index in [0.29, 0.717) is 0 Å². The van der Waals surface area contributed by atoms with Gasteiger partial charge >= 0.3 is 0 Å². The molecule has 0 fully saturated rings. The van der Waals surface area contributed by atoms with Gasteiger partial charge in [0.25, 0.3) is 0 Å². The number of hydrogen-bond acceptors (Lipinski definition) is 1. The molecule has 0 saturated heterocycles. The van der Waals surface area contributed by atoms with Crippen LogP contribution in [0, 0.1) is 0 Å². The molecule has 2 aromatic rings. The van der Waals surface area contributed by atoms with E-state index in [9.17, 15) is 0 Å². The molecule has 0 aliphatic heterocycles. The van der Waals surface area contributed by atoms with Crippen LogP contribution in [0.5, 0.6) is 0 Å². The van der Waals surface area contributed by atoms with Gasteiger partial charge in [0.05, 0.1) is 0 Å². The summed E-state index contributed by atoms with van der Waals surface area (Å²) in [5.74, 6) is 0. The van der Waals surface area contributed by atoms with Crippen LogP contribution in [0.15, 0.2) is 42.6 Å². The Morgan fingerprint density at radius 1 is 1.38 bits per heavy atom. The van der Waals surface area contributed by atoms with Gasteiger partial charge in [-0.1, -0.05) is 30.4 Å². The molecule has 1 heterocycles. The van der Waals surface area contributed by atoms with Gasteiger partial charge < -0.3 is 10.7 Å². The standard InChI is InChI=1S/C14H18N2/c1-2-3-6-12(15)9-11-10-16-14-8-5-4-7-13(11)14/h2-5,7-8,10,12,16H,6,9,15H2,1H3/b3-2-. The van der Waals surface area contributed by atoms with Crippen molar-refractivity contribution in [3.8, 4) is 0 Å². The maximum Gasteiger partial charge on any atom is 0.0456 e. The third-order valence-electron chi connectivity index (χ3n) is 2.83. The number of H-pyrrole nitrogens is 1. The Balaban J connectivity index is 2.15. The van der Waals surface area contributed by atoms with Crippen molar-refractivity contribution in [2.24, 2.45) is 5.73 Å². The minimum absolute atomic E-state index is 0.204. The number of fused-ring (bicyclic) bond motifs is 1. The zero-order valence-electron chi connectivity index (χ0n) is 9.61. The molecule has 2 heteroatoms. The minimum Gasteiger partial charge on any atom is -0.361 e. The molecule has 0 radical (unpaired) electrons. The average molecular weight is 214 g/mol. The van der Waals surface area contributed by atoms with Crippen molar-refractivity contribution >= 4 is 10.9 Å². The first-order valence-electron chi connectivity index (χ1n) is 5.73. The predicted molar refractivity (Wildman–Crippen MR) is 69.4 cm³/mol. The van der Waals surface area contributed by atoms with Gasteiger partial charge in [-0.15, -0.1) is 0 Å². The lowest BCUT2D eigenvalue weighted by molar-refractivity contribution is 0.681. The average Bonchev–Trinajstić information content (AvgIpc) is 2.70. The summed E-state index contributed by atoms with van der Waals surface area (Å²) in [5.41, 5.74) is 8.58. The molecule has 0 amide bonds. The van der Waals surface area contributed by atoms with E-state index in [1.54, 1.807) is 0 Å². The molecule has 2 rings (SSSR count). The molecule has 0 aliphatic carbocycles. The third-order valence-corrected chi connectivity index (χ3v) is 2.83. The fourth-order valence-electron chi connectivity index (χ4n) is 1.98. The minimum atomic E-state index is 0.204. The highest BCUT2D eigenvalue weighted by atomic mass is 14.7. The van der Waals surface area contributed by atoms with Crippen LogP contribution in [0.4, 0.5) is 0 Å². The zero-order valence-corrected chi connectivity index (χ0v) is 9.61. The summed E-state index contributed by atoms with van der Waals surface area (Å²) in [6, 6.07) is 8.55. The van der Waals surface area contributed by atoms with Crippen molar-refractivity contribution in [2.75, 3.05) is 0 Å². The lowest BCUT2D eigenvalue weighted by Gasteiger charge is -2.07. The van der Waals surface area contributed by atoms with Crippen LogP contribution in [0.3, 0.4) is 0 Å². The molecule has 84 valence electrons. The van der Waals surface area contributed by atoms with Crippen LogP contribution in [-0.2, 0) is 6.42 Å². The summed E-state index contributed by atoms with van der Waals surface area (Å²) in [6.07, 6.45) is 8.11. The molecule has 1 unspecified atom stereocenters. The lowest BCUT2D eigenvalue weighted by atomic mass is 10.0. The number of allylic oxidation sites excluding steroid dienone is 1. The van der Waals surface area contributed by atoms with Gasteiger partial charge in [-0.05, 0) is 31.4 Å². The number of rotatable bonds is 4. The van der Waals surface area contributed by atoms with Crippen LogP contribution in [-0.4, -0.2) is 11.0 Å². The monoisotopic (exact) mass is 214 g/mol. The molecule has 1 atom stereocenters. The van der Waals surface area contributed by atoms with Crippen molar-refractivity contribution in [3.05, 3.63) is 48.2 Å². The van der Waals surface area contributed by atoms with Crippen LogP contribution < -0.4 is 5.73 Å². The SMILES string of the molecule is C/C=C\CC(N)Cc1c[nH]c2ccccc12. The van der Waals surface area contributed by atoms with Gasteiger partial charge in [0.2, 0.25) is 0 Å². The first-order valence-corrected chi connectivity index (χ1v) is 5.73. The number of hydrogen-bond donors (Lipinski definition) is 2. The van der Waals surface area contributed by atoms with Crippen molar-refractivity contribution in [1.82, 2.24) is 4.98 Å². The van der Waals surface area contributed by atoms with Crippen molar-refractivity contribution in [3.63, 3.8) is 0 Å². The number of para-hydroxylation sites is 1. The van der Waals surface area contributed by atoms with Crippen LogP contribution in [0.25, 0.3) is 10.9 Å². The van der Waals surface area contributed by atoms with E-state index in [4.69, 9.17) is 5.73 Å². The lowest BCUT2D eigenvalue weighted by Crippen LogP contribution is -2.21. The summed E-state index contributed by atoms with van der Waals surface area (Å²) in [6.45, 7) is 2.03. The summed E-state index contributed by atoms with van der Waals surface area (Å²) in [5, 5.41) is 1.29. The van der Waals surface area contributed by atoms with Gasteiger partial charge in [-0.2, -0.15) is 0 Å². The molecule has 16 heavy (non-hydrogen) atoms. The molecule has 0 spiro atoms. The number of nitrogens with one attached hydrogen (secondary N) is 1. The molecular formula is C14H18N2. The zero-order chi connectivity index (χ0) is 11.4. The Morgan fingerprint density at radius 3 is 3.00 bits per heavy atom. The quantitative estimate of drug-likeness (QED) is 0.755. The Labute approximate surface area is 96.2 Å². The van der Waals surface area contributed by atoms with Crippen molar-refractivity contribution < 1.29 is 0 Å². The maximum atomic E-state index is 6.08. The second-order valence-electron chi connectivity index (χ2n) is 4.13. The highest BCUT2D eigenvalue weighted by molar-refractivity contribution is 5.83. The van der Waals surface area contributed by atoms with E-state index < -0.39 is 0 Å². The van der Waals surface area contributed by atoms with Gasteiger partial charge in [0.15, 0.2) is 0 Å². The van der Waals surface area contributed by atoms with E-state index in [0.717, 1.165) is 12.8 Å². The molecule has 0 bridgehead atoms. The van der Waals surface area contributed by atoms with E-state index in [1.807, 2.05) is 13.0 Å². The molecule has 3 N–H and O–H groups in total. The second kappa shape index (κ2) is 4.99. The summed E-state index contributed by atoms with van der Waals surface area (Å²) in [4.78, 5) is 3.28. The smallest absolute Gasteiger partial charge is 0.0456 e. The Bertz CT molecular complexity index is 482. The predicted octanol–water partition coefficient (Wildman–Crippen LogP) is 3.00. The Morgan fingerprint density at radius 2 is 2.19 bits per heavy atom. The number of nitrogens with two attached hydrogens (primary N) is 1. The van der Waals surface area contributed by atoms with E-state index >= 15 is 0 Å². The summed E-state index contributed by atoms with van der Waals surface area (Å²) < 4.78 is 0. The normalized spacial score (nSPS) is 13.6. The fourth-order valence-corrected chi connectivity index (χ4v) is 1.98. The second-order valence-corrected chi connectivity index (χ2v) is 4.13.